The number of hydrogen-bond donors (Lipinski definition) is 0. The molecule has 1 atom stereocenters. The van der Waals surface area contributed by atoms with Crippen LogP contribution in [0, 0.1) is 16.7 Å². The molecule has 1 aromatic carbocycles. The first-order chi connectivity index (χ1) is 10.8. The Morgan fingerprint density at radius 2 is 1.91 bits per heavy atom. The Labute approximate surface area is 130 Å². The van der Waals surface area contributed by atoms with Crippen molar-refractivity contribution < 1.29 is 0 Å². The molecule has 110 valence electrons. The Morgan fingerprint density at radius 3 is 2.64 bits per heavy atom. The Hall–Kier alpha value is -2.41. The molecule has 0 bridgehead atoms. The second kappa shape index (κ2) is 5.10. The first-order valence-corrected chi connectivity index (χ1v) is 7.87. The maximum absolute atomic E-state index is 9.06. The molecule has 1 aliphatic carbocycles. The Kier molecular flexibility index (Phi) is 3.07. The van der Waals surface area contributed by atoms with E-state index in [1.54, 1.807) is 12.3 Å². The summed E-state index contributed by atoms with van der Waals surface area (Å²) < 4.78 is 0. The van der Waals surface area contributed by atoms with E-state index in [2.05, 4.69) is 51.3 Å². The zero-order valence-corrected chi connectivity index (χ0v) is 12.4. The van der Waals surface area contributed by atoms with Gasteiger partial charge in [-0.3, -0.25) is 0 Å². The van der Waals surface area contributed by atoms with E-state index >= 15 is 0 Å². The Bertz CT molecular complexity index is 713. The van der Waals surface area contributed by atoms with Crippen LogP contribution < -0.4 is 4.90 Å². The van der Waals surface area contributed by atoms with Gasteiger partial charge in [-0.2, -0.15) is 5.26 Å². The molecule has 2 heterocycles. The van der Waals surface area contributed by atoms with E-state index in [0.29, 0.717) is 23.1 Å². The topological polar surface area (TPSA) is 52.8 Å². The standard InChI is InChI=1S/C18H18N4/c19-12-15-8-11-20-17(21-15)22-13-18(9-4-5-10-18)16(22)14-6-2-1-3-7-14/h1-3,6-8,11,16H,4-5,9-10,13H2/t16-/m1/s1. The van der Waals surface area contributed by atoms with Gasteiger partial charge in [0.05, 0.1) is 6.04 Å². The fourth-order valence-corrected chi connectivity index (χ4v) is 4.15. The predicted molar refractivity (Wildman–Crippen MR) is 84.2 cm³/mol. The average Bonchev–Trinajstić information content (AvgIpc) is 3.05. The summed E-state index contributed by atoms with van der Waals surface area (Å²) in [6, 6.07) is 14.8. The van der Waals surface area contributed by atoms with Gasteiger partial charge >= 0.3 is 0 Å². The molecule has 0 amide bonds. The summed E-state index contributed by atoms with van der Waals surface area (Å²) in [5, 5.41) is 9.06. The molecular weight excluding hydrogens is 272 g/mol. The van der Waals surface area contributed by atoms with Crippen molar-refractivity contribution in [2.24, 2.45) is 5.41 Å². The lowest BCUT2D eigenvalue weighted by Crippen LogP contribution is -2.58. The van der Waals surface area contributed by atoms with E-state index < -0.39 is 0 Å². The van der Waals surface area contributed by atoms with E-state index in [0.717, 1.165) is 6.54 Å². The molecule has 0 N–H and O–H groups in total. The summed E-state index contributed by atoms with van der Waals surface area (Å²) in [6.07, 6.45) is 6.87. The Morgan fingerprint density at radius 1 is 1.14 bits per heavy atom. The molecule has 4 heteroatoms. The van der Waals surface area contributed by atoms with Crippen molar-refractivity contribution >= 4 is 5.95 Å². The molecule has 4 rings (SSSR count). The molecule has 22 heavy (non-hydrogen) atoms. The molecular formula is C18H18N4. The van der Waals surface area contributed by atoms with Gasteiger partial charge in [0.15, 0.2) is 0 Å². The van der Waals surface area contributed by atoms with Crippen LogP contribution in [0.15, 0.2) is 42.6 Å². The molecule has 4 nitrogen and oxygen atoms in total. The van der Waals surface area contributed by atoms with Crippen LogP contribution in [-0.2, 0) is 0 Å². The molecule has 1 saturated heterocycles. The van der Waals surface area contributed by atoms with Crippen molar-refractivity contribution in [1.82, 2.24) is 9.97 Å². The minimum atomic E-state index is 0.338. The molecule has 2 aliphatic rings. The highest BCUT2D eigenvalue weighted by molar-refractivity contribution is 5.46. The van der Waals surface area contributed by atoms with E-state index in [-0.39, 0.29) is 0 Å². The fraction of sp³-hybridized carbons (Fsp3) is 0.389. The first-order valence-electron chi connectivity index (χ1n) is 7.87. The molecule has 2 aromatic rings. The van der Waals surface area contributed by atoms with Gasteiger partial charge in [0.25, 0.3) is 0 Å². The van der Waals surface area contributed by atoms with Crippen molar-refractivity contribution in [2.75, 3.05) is 11.4 Å². The summed E-state index contributed by atoms with van der Waals surface area (Å²) in [5.74, 6) is 0.686. The van der Waals surface area contributed by atoms with Crippen molar-refractivity contribution in [3.8, 4) is 6.07 Å². The minimum absolute atomic E-state index is 0.338. The van der Waals surface area contributed by atoms with E-state index in [1.807, 2.05) is 0 Å². The van der Waals surface area contributed by atoms with Gasteiger partial charge in [-0.05, 0) is 24.5 Å². The molecule has 2 fully saturated rings. The summed E-state index contributed by atoms with van der Waals surface area (Å²) in [4.78, 5) is 11.1. The maximum atomic E-state index is 9.06. The number of nitrogens with zero attached hydrogens (tertiary/aromatic N) is 4. The summed E-state index contributed by atoms with van der Waals surface area (Å²) in [7, 11) is 0. The average molecular weight is 290 g/mol. The zero-order chi connectivity index (χ0) is 15.0. The number of nitriles is 1. The van der Waals surface area contributed by atoms with Gasteiger partial charge in [-0.1, -0.05) is 43.2 Å². The molecule has 1 saturated carbocycles. The Balaban J connectivity index is 1.72. The van der Waals surface area contributed by atoms with Crippen LogP contribution in [-0.4, -0.2) is 16.5 Å². The monoisotopic (exact) mass is 290 g/mol. The molecule has 0 unspecified atom stereocenters. The van der Waals surface area contributed by atoms with E-state index in [1.165, 1.54) is 31.2 Å². The first kappa shape index (κ1) is 13.3. The highest BCUT2D eigenvalue weighted by atomic mass is 15.3. The summed E-state index contributed by atoms with van der Waals surface area (Å²) in [6.45, 7) is 1.00. The van der Waals surface area contributed by atoms with Crippen LogP contribution in [0.25, 0.3) is 0 Å². The van der Waals surface area contributed by atoms with Crippen LogP contribution in [0.3, 0.4) is 0 Å². The van der Waals surface area contributed by atoms with Gasteiger partial charge < -0.3 is 4.90 Å². The second-order valence-electron chi connectivity index (χ2n) is 6.36. The summed E-state index contributed by atoms with van der Waals surface area (Å²) >= 11 is 0. The number of benzene rings is 1. The maximum Gasteiger partial charge on any atom is 0.227 e. The van der Waals surface area contributed by atoms with Gasteiger partial charge in [-0.15, -0.1) is 0 Å². The zero-order valence-electron chi connectivity index (χ0n) is 12.4. The van der Waals surface area contributed by atoms with Gasteiger partial charge in [0, 0.05) is 18.2 Å². The normalized spacial score (nSPS) is 22.3. The highest BCUT2D eigenvalue weighted by Gasteiger charge is 2.55. The third-order valence-electron chi connectivity index (χ3n) is 5.11. The van der Waals surface area contributed by atoms with Crippen LogP contribution in [0.1, 0.15) is 43.0 Å². The lowest BCUT2D eigenvalue weighted by molar-refractivity contribution is 0.133. The number of hydrogen-bond acceptors (Lipinski definition) is 4. The van der Waals surface area contributed by atoms with Crippen molar-refractivity contribution in [3.05, 3.63) is 53.9 Å². The number of aromatic nitrogens is 2. The minimum Gasteiger partial charge on any atom is -0.332 e. The quantitative estimate of drug-likeness (QED) is 0.849. The van der Waals surface area contributed by atoms with E-state index in [9.17, 15) is 0 Å². The smallest absolute Gasteiger partial charge is 0.227 e. The van der Waals surface area contributed by atoms with E-state index in [4.69, 9.17) is 5.26 Å². The number of rotatable bonds is 2. The molecule has 1 spiro atoms. The van der Waals surface area contributed by atoms with Gasteiger partial charge in [0.1, 0.15) is 11.8 Å². The lowest BCUT2D eigenvalue weighted by Gasteiger charge is -2.56. The largest absolute Gasteiger partial charge is 0.332 e. The van der Waals surface area contributed by atoms with Crippen LogP contribution in [0.2, 0.25) is 0 Å². The van der Waals surface area contributed by atoms with Crippen molar-refractivity contribution in [3.63, 3.8) is 0 Å². The van der Waals surface area contributed by atoms with Crippen molar-refractivity contribution in [1.29, 1.82) is 5.26 Å². The third kappa shape index (κ3) is 1.97. The van der Waals surface area contributed by atoms with Gasteiger partial charge in [-0.25, -0.2) is 9.97 Å². The lowest BCUT2D eigenvalue weighted by atomic mass is 9.67. The molecule has 0 radical (unpaired) electrons. The molecule has 1 aromatic heterocycles. The highest BCUT2D eigenvalue weighted by Crippen LogP contribution is 2.58. The molecule has 1 aliphatic heterocycles. The number of anilines is 1. The van der Waals surface area contributed by atoms with Crippen LogP contribution >= 0.6 is 0 Å². The SMILES string of the molecule is N#Cc1ccnc(N2CC3(CCCC3)[C@H]2c2ccccc2)n1. The van der Waals surface area contributed by atoms with Crippen LogP contribution in [0.4, 0.5) is 5.95 Å². The van der Waals surface area contributed by atoms with Gasteiger partial charge in [0.2, 0.25) is 5.95 Å². The third-order valence-corrected chi connectivity index (χ3v) is 5.11. The van der Waals surface area contributed by atoms with Crippen molar-refractivity contribution in [2.45, 2.75) is 31.7 Å². The second-order valence-corrected chi connectivity index (χ2v) is 6.36. The fourth-order valence-electron chi connectivity index (χ4n) is 4.15. The summed E-state index contributed by atoms with van der Waals surface area (Å²) in [5.41, 5.74) is 2.14. The van der Waals surface area contributed by atoms with Crippen LogP contribution in [0.5, 0.6) is 0 Å². The predicted octanol–water partition coefficient (Wildman–Crippen LogP) is 3.47.